The third-order valence-electron chi connectivity index (χ3n) is 2.42. The van der Waals surface area contributed by atoms with Gasteiger partial charge in [0, 0.05) is 11.4 Å². The van der Waals surface area contributed by atoms with E-state index >= 15 is 0 Å². The second-order valence-electron chi connectivity index (χ2n) is 3.22. The van der Waals surface area contributed by atoms with Gasteiger partial charge in [-0.05, 0) is 18.8 Å². The van der Waals surface area contributed by atoms with Gasteiger partial charge in [-0.2, -0.15) is 0 Å². The number of hydrogen-bond acceptors (Lipinski definition) is 1. The number of hydrogen-bond donors (Lipinski definition) is 1. The largest absolute Gasteiger partial charge is 0.327 e. The van der Waals surface area contributed by atoms with Crippen molar-refractivity contribution in [1.29, 1.82) is 0 Å². The van der Waals surface area contributed by atoms with E-state index in [1.54, 1.807) is 0 Å². The minimum Gasteiger partial charge on any atom is -0.327 e. The summed E-state index contributed by atoms with van der Waals surface area (Å²) in [4.78, 5) is 0. The molecule has 0 amide bonds. The Morgan fingerprint density at radius 2 is 1.90 bits per heavy atom. The van der Waals surface area contributed by atoms with Crippen LogP contribution < -0.4 is 5.73 Å². The number of rotatable bonds is 1. The molecular weight excluding hydrogens is 190 g/mol. The fraction of sp³-hybridized carbons (Fsp3) is 1.00. The van der Waals surface area contributed by atoms with Crippen LogP contribution in [0.3, 0.4) is 0 Å². The maximum Gasteiger partial charge on any atom is 0.00751 e. The lowest BCUT2D eigenvalue weighted by Gasteiger charge is -2.17. The van der Waals surface area contributed by atoms with Crippen LogP contribution in [0.5, 0.6) is 0 Å². The molecule has 0 spiro atoms. The molecule has 1 saturated carbocycles. The zero-order valence-corrected chi connectivity index (χ0v) is 7.94. The van der Waals surface area contributed by atoms with Gasteiger partial charge in [-0.15, -0.1) is 0 Å². The van der Waals surface area contributed by atoms with E-state index in [0.29, 0.717) is 6.04 Å². The highest BCUT2D eigenvalue weighted by molar-refractivity contribution is 9.09. The Labute approximate surface area is 71.5 Å². The van der Waals surface area contributed by atoms with Crippen molar-refractivity contribution in [2.45, 2.75) is 38.1 Å². The zero-order chi connectivity index (χ0) is 7.40. The van der Waals surface area contributed by atoms with Crippen molar-refractivity contribution >= 4 is 15.9 Å². The molecule has 0 aromatic carbocycles. The van der Waals surface area contributed by atoms with E-state index in [1.807, 2.05) is 0 Å². The highest BCUT2D eigenvalue weighted by Gasteiger charge is 2.18. The molecule has 0 bridgehead atoms. The predicted molar refractivity (Wildman–Crippen MR) is 48.3 cm³/mol. The molecule has 0 aliphatic heterocycles. The van der Waals surface area contributed by atoms with Crippen LogP contribution in [-0.4, -0.2) is 11.4 Å². The van der Waals surface area contributed by atoms with Crippen LogP contribution in [0.15, 0.2) is 0 Å². The molecule has 2 N–H and O–H groups in total. The molecule has 60 valence electrons. The molecule has 0 heterocycles. The van der Waals surface area contributed by atoms with Gasteiger partial charge < -0.3 is 5.73 Å². The lowest BCUT2D eigenvalue weighted by molar-refractivity contribution is 0.441. The molecule has 0 radical (unpaired) electrons. The van der Waals surface area contributed by atoms with Crippen LogP contribution in [0.25, 0.3) is 0 Å². The van der Waals surface area contributed by atoms with Crippen molar-refractivity contribution < 1.29 is 0 Å². The van der Waals surface area contributed by atoms with Crippen molar-refractivity contribution in [3.05, 3.63) is 0 Å². The third-order valence-corrected chi connectivity index (χ3v) is 3.25. The summed E-state index contributed by atoms with van der Waals surface area (Å²) in [6.07, 6.45) is 6.66. The van der Waals surface area contributed by atoms with Crippen molar-refractivity contribution in [2.24, 2.45) is 11.7 Å². The summed E-state index contributed by atoms with van der Waals surface area (Å²) >= 11 is 3.51. The molecule has 1 fully saturated rings. The van der Waals surface area contributed by atoms with E-state index in [-0.39, 0.29) is 0 Å². The molecular formula is C8H16BrN. The Morgan fingerprint density at radius 3 is 2.60 bits per heavy atom. The van der Waals surface area contributed by atoms with Gasteiger partial charge in [0.1, 0.15) is 0 Å². The summed E-state index contributed by atoms with van der Waals surface area (Å²) in [7, 11) is 0. The first-order valence-corrected chi connectivity index (χ1v) is 5.28. The predicted octanol–water partition coefficient (Wildman–Crippen LogP) is 2.29. The molecule has 1 rings (SSSR count). The van der Waals surface area contributed by atoms with Crippen LogP contribution in [0.1, 0.15) is 32.1 Å². The molecule has 2 atom stereocenters. The lowest BCUT2D eigenvalue weighted by Crippen LogP contribution is -2.29. The number of nitrogens with two attached hydrogens (primary N) is 1. The average molecular weight is 206 g/mol. The lowest BCUT2D eigenvalue weighted by atomic mass is 9.98. The molecule has 1 nitrogen and oxygen atoms in total. The standard InChI is InChI=1S/C8H16BrN/c9-6-7-4-2-1-3-5-8(7)10/h7-8H,1-6,10H2. The van der Waals surface area contributed by atoms with Gasteiger partial charge in [-0.3, -0.25) is 0 Å². The quantitative estimate of drug-likeness (QED) is 0.517. The van der Waals surface area contributed by atoms with Gasteiger partial charge >= 0.3 is 0 Å². The van der Waals surface area contributed by atoms with Crippen molar-refractivity contribution in [2.75, 3.05) is 5.33 Å². The van der Waals surface area contributed by atoms with E-state index < -0.39 is 0 Å². The van der Waals surface area contributed by atoms with Crippen molar-refractivity contribution in [1.82, 2.24) is 0 Å². The van der Waals surface area contributed by atoms with Crippen LogP contribution in [-0.2, 0) is 0 Å². The first kappa shape index (κ1) is 8.54. The van der Waals surface area contributed by atoms with Crippen LogP contribution in [0, 0.1) is 5.92 Å². The van der Waals surface area contributed by atoms with Gasteiger partial charge in [-0.25, -0.2) is 0 Å². The van der Waals surface area contributed by atoms with Crippen LogP contribution in [0.4, 0.5) is 0 Å². The van der Waals surface area contributed by atoms with E-state index in [0.717, 1.165) is 11.2 Å². The molecule has 0 aromatic rings. The number of alkyl halides is 1. The normalized spacial score (nSPS) is 35.4. The van der Waals surface area contributed by atoms with Gasteiger partial charge in [0.2, 0.25) is 0 Å². The molecule has 0 aromatic heterocycles. The molecule has 2 unspecified atom stereocenters. The smallest absolute Gasteiger partial charge is 0.00751 e. The number of halogens is 1. The topological polar surface area (TPSA) is 26.0 Å². The highest BCUT2D eigenvalue weighted by Crippen LogP contribution is 2.23. The summed E-state index contributed by atoms with van der Waals surface area (Å²) < 4.78 is 0. The summed E-state index contributed by atoms with van der Waals surface area (Å²) in [6, 6.07) is 0.460. The second kappa shape index (κ2) is 4.35. The summed E-state index contributed by atoms with van der Waals surface area (Å²) in [5, 5.41) is 1.09. The second-order valence-corrected chi connectivity index (χ2v) is 3.86. The van der Waals surface area contributed by atoms with Gasteiger partial charge in [-0.1, -0.05) is 35.2 Å². The Balaban J connectivity index is 2.35. The summed E-state index contributed by atoms with van der Waals surface area (Å²) in [5.41, 5.74) is 5.96. The minimum atomic E-state index is 0.460. The van der Waals surface area contributed by atoms with Gasteiger partial charge in [0.25, 0.3) is 0 Å². The highest BCUT2D eigenvalue weighted by atomic mass is 79.9. The third kappa shape index (κ3) is 2.24. The monoisotopic (exact) mass is 205 g/mol. The van der Waals surface area contributed by atoms with Crippen molar-refractivity contribution in [3.8, 4) is 0 Å². The minimum absolute atomic E-state index is 0.460. The maximum atomic E-state index is 5.96. The Morgan fingerprint density at radius 1 is 1.20 bits per heavy atom. The fourth-order valence-corrected chi connectivity index (χ4v) is 2.41. The Kier molecular flexibility index (Phi) is 3.71. The molecule has 0 saturated heterocycles. The molecule has 1 aliphatic rings. The molecule has 2 heteroatoms. The molecule has 1 aliphatic carbocycles. The first-order valence-electron chi connectivity index (χ1n) is 4.16. The first-order chi connectivity index (χ1) is 4.84. The van der Waals surface area contributed by atoms with Crippen molar-refractivity contribution in [3.63, 3.8) is 0 Å². The summed E-state index contributed by atoms with van der Waals surface area (Å²) in [5.74, 6) is 0.738. The van der Waals surface area contributed by atoms with Crippen LogP contribution in [0.2, 0.25) is 0 Å². The van der Waals surface area contributed by atoms with E-state index in [1.165, 1.54) is 32.1 Å². The van der Waals surface area contributed by atoms with Gasteiger partial charge in [0.15, 0.2) is 0 Å². The molecule has 10 heavy (non-hydrogen) atoms. The van der Waals surface area contributed by atoms with Crippen LogP contribution >= 0.6 is 15.9 Å². The van der Waals surface area contributed by atoms with E-state index in [9.17, 15) is 0 Å². The Bertz CT molecular complexity index is 95.3. The van der Waals surface area contributed by atoms with Gasteiger partial charge in [0.05, 0.1) is 0 Å². The van der Waals surface area contributed by atoms with E-state index in [4.69, 9.17) is 5.73 Å². The Hall–Kier alpha value is 0.440. The van der Waals surface area contributed by atoms with E-state index in [2.05, 4.69) is 15.9 Å². The average Bonchev–Trinajstić information content (AvgIpc) is 2.13. The fourth-order valence-electron chi connectivity index (χ4n) is 1.60. The SMILES string of the molecule is NC1CCCCCC1CBr. The summed E-state index contributed by atoms with van der Waals surface area (Å²) in [6.45, 7) is 0. The zero-order valence-electron chi connectivity index (χ0n) is 6.35. The maximum absolute atomic E-state index is 5.96.